The zero-order valence-corrected chi connectivity index (χ0v) is 12.6. The summed E-state index contributed by atoms with van der Waals surface area (Å²) >= 11 is 0. The van der Waals surface area contributed by atoms with Crippen LogP contribution in [0.3, 0.4) is 0 Å². The van der Waals surface area contributed by atoms with Crippen LogP contribution in [-0.2, 0) is 19.7 Å². The highest BCUT2D eigenvalue weighted by Crippen LogP contribution is 2.19. The van der Waals surface area contributed by atoms with Gasteiger partial charge in [0.15, 0.2) is 5.75 Å². The molecule has 0 radical (unpaired) electrons. The van der Waals surface area contributed by atoms with Crippen LogP contribution in [0, 0.1) is 0 Å². The lowest BCUT2D eigenvalue weighted by molar-refractivity contribution is 0.305. The molecule has 0 unspecified atom stereocenters. The summed E-state index contributed by atoms with van der Waals surface area (Å²) in [5.74, 6) is 0.836. The van der Waals surface area contributed by atoms with Crippen LogP contribution in [-0.4, -0.2) is 15.8 Å². The molecule has 0 bridgehead atoms. The van der Waals surface area contributed by atoms with Gasteiger partial charge in [-0.2, -0.15) is 5.10 Å². The standard InChI is InChI=1S/C17H23N3O/c1-2-9-20-12-17(11-19-20)21-13-15-5-3-14(4-6-15)10-18-16-7-8-16/h3-6,11-12,16,18H,2,7-10,13H2,1H3. The van der Waals surface area contributed by atoms with Gasteiger partial charge in [-0.3, -0.25) is 4.68 Å². The third-order valence-electron chi connectivity index (χ3n) is 3.66. The molecule has 0 spiro atoms. The molecule has 1 heterocycles. The fourth-order valence-electron chi connectivity index (χ4n) is 2.24. The van der Waals surface area contributed by atoms with Gasteiger partial charge in [0.2, 0.25) is 0 Å². The Morgan fingerprint density at radius 1 is 1.24 bits per heavy atom. The van der Waals surface area contributed by atoms with Crippen LogP contribution in [0.4, 0.5) is 0 Å². The number of benzene rings is 1. The maximum atomic E-state index is 5.77. The number of aryl methyl sites for hydroxylation is 1. The summed E-state index contributed by atoms with van der Waals surface area (Å²) in [6.45, 7) is 4.64. The van der Waals surface area contributed by atoms with Crippen LogP contribution in [0.15, 0.2) is 36.7 Å². The van der Waals surface area contributed by atoms with Crippen LogP contribution in [0.25, 0.3) is 0 Å². The maximum Gasteiger partial charge on any atom is 0.157 e. The van der Waals surface area contributed by atoms with E-state index in [0.29, 0.717) is 6.61 Å². The predicted molar refractivity (Wildman–Crippen MR) is 83.2 cm³/mol. The average molecular weight is 285 g/mol. The molecule has 1 aromatic heterocycles. The summed E-state index contributed by atoms with van der Waals surface area (Å²) in [5.41, 5.74) is 2.52. The van der Waals surface area contributed by atoms with Gasteiger partial charge in [-0.15, -0.1) is 0 Å². The Labute approximate surface area is 126 Å². The van der Waals surface area contributed by atoms with Crippen molar-refractivity contribution in [2.75, 3.05) is 0 Å². The first-order valence-electron chi connectivity index (χ1n) is 7.80. The fourth-order valence-corrected chi connectivity index (χ4v) is 2.24. The van der Waals surface area contributed by atoms with Gasteiger partial charge in [0.25, 0.3) is 0 Å². The highest BCUT2D eigenvalue weighted by Gasteiger charge is 2.19. The Kier molecular flexibility index (Phi) is 4.55. The largest absolute Gasteiger partial charge is 0.486 e. The third kappa shape index (κ3) is 4.33. The van der Waals surface area contributed by atoms with Crippen LogP contribution < -0.4 is 10.1 Å². The minimum atomic E-state index is 0.591. The van der Waals surface area contributed by atoms with Gasteiger partial charge in [0, 0.05) is 19.1 Å². The smallest absolute Gasteiger partial charge is 0.157 e. The van der Waals surface area contributed by atoms with Gasteiger partial charge in [0.1, 0.15) is 6.61 Å². The van der Waals surface area contributed by atoms with Crippen molar-refractivity contribution in [1.29, 1.82) is 0 Å². The van der Waals surface area contributed by atoms with E-state index in [1.807, 2.05) is 10.9 Å². The van der Waals surface area contributed by atoms with E-state index in [2.05, 4.69) is 41.6 Å². The molecule has 4 heteroatoms. The van der Waals surface area contributed by atoms with E-state index in [0.717, 1.165) is 31.3 Å². The molecule has 112 valence electrons. The Hall–Kier alpha value is -1.81. The number of hydrogen-bond acceptors (Lipinski definition) is 3. The number of nitrogens with zero attached hydrogens (tertiary/aromatic N) is 2. The maximum absolute atomic E-state index is 5.77. The Bertz CT molecular complexity index is 558. The monoisotopic (exact) mass is 285 g/mol. The second kappa shape index (κ2) is 6.76. The molecule has 0 saturated heterocycles. The van der Waals surface area contributed by atoms with Crippen molar-refractivity contribution in [2.45, 2.75) is 51.9 Å². The molecule has 1 N–H and O–H groups in total. The van der Waals surface area contributed by atoms with Crippen LogP contribution in [0.5, 0.6) is 5.75 Å². The van der Waals surface area contributed by atoms with E-state index in [1.165, 1.54) is 24.0 Å². The molecule has 1 aliphatic carbocycles. The van der Waals surface area contributed by atoms with Gasteiger partial charge in [-0.1, -0.05) is 31.2 Å². The summed E-state index contributed by atoms with van der Waals surface area (Å²) in [6, 6.07) is 9.39. The fraction of sp³-hybridized carbons (Fsp3) is 0.471. The summed E-state index contributed by atoms with van der Waals surface area (Å²) in [6.07, 6.45) is 7.48. The van der Waals surface area contributed by atoms with Crippen molar-refractivity contribution in [3.05, 3.63) is 47.8 Å². The Morgan fingerprint density at radius 2 is 2.00 bits per heavy atom. The highest BCUT2D eigenvalue weighted by atomic mass is 16.5. The van der Waals surface area contributed by atoms with Crippen molar-refractivity contribution in [3.8, 4) is 5.75 Å². The van der Waals surface area contributed by atoms with Crippen molar-refractivity contribution in [2.24, 2.45) is 0 Å². The average Bonchev–Trinajstić information content (AvgIpc) is 3.24. The molecule has 0 atom stereocenters. The SMILES string of the molecule is CCCn1cc(OCc2ccc(CNC3CC3)cc2)cn1. The highest BCUT2D eigenvalue weighted by molar-refractivity contribution is 5.23. The van der Waals surface area contributed by atoms with Crippen molar-refractivity contribution in [3.63, 3.8) is 0 Å². The van der Waals surface area contributed by atoms with E-state index in [4.69, 9.17) is 4.74 Å². The molecule has 1 aliphatic rings. The first kappa shape index (κ1) is 14.1. The molecule has 1 aromatic carbocycles. The second-order valence-electron chi connectivity index (χ2n) is 5.70. The second-order valence-corrected chi connectivity index (χ2v) is 5.70. The minimum Gasteiger partial charge on any atom is -0.486 e. The van der Waals surface area contributed by atoms with Crippen molar-refractivity contribution < 1.29 is 4.74 Å². The van der Waals surface area contributed by atoms with Crippen LogP contribution in [0.2, 0.25) is 0 Å². The number of aromatic nitrogens is 2. The summed E-state index contributed by atoms with van der Waals surface area (Å²) < 4.78 is 7.69. The summed E-state index contributed by atoms with van der Waals surface area (Å²) in [4.78, 5) is 0. The molecule has 1 fully saturated rings. The van der Waals surface area contributed by atoms with Gasteiger partial charge in [-0.05, 0) is 30.4 Å². The third-order valence-corrected chi connectivity index (χ3v) is 3.66. The number of nitrogens with one attached hydrogen (secondary N) is 1. The molecule has 3 rings (SSSR count). The predicted octanol–water partition coefficient (Wildman–Crippen LogP) is 3.12. The van der Waals surface area contributed by atoms with E-state index in [1.54, 1.807) is 6.20 Å². The van der Waals surface area contributed by atoms with E-state index in [9.17, 15) is 0 Å². The molecular formula is C17H23N3O. The molecule has 4 nitrogen and oxygen atoms in total. The van der Waals surface area contributed by atoms with Crippen LogP contribution >= 0.6 is 0 Å². The van der Waals surface area contributed by atoms with E-state index in [-0.39, 0.29) is 0 Å². The summed E-state index contributed by atoms with van der Waals surface area (Å²) in [7, 11) is 0. The lowest BCUT2D eigenvalue weighted by Gasteiger charge is -2.06. The van der Waals surface area contributed by atoms with Gasteiger partial charge < -0.3 is 10.1 Å². The molecule has 1 saturated carbocycles. The Balaban J connectivity index is 1.47. The molecule has 0 amide bonds. The molecule has 2 aromatic rings. The van der Waals surface area contributed by atoms with Crippen molar-refractivity contribution >= 4 is 0 Å². The van der Waals surface area contributed by atoms with Crippen LogP contribution in [0.1, 0.15) is 37.3 Å². The lowest BCUT2D eigenvalue weighted by Crippen LogP contribution is -2.15. The molecule has 21 heavy (non-hydrogen) atoms. The van der Waals surface area contributed by atoms with Gasteiger partial charge in [0.05, 0.1) is 12.4 Å². The number of rotatable bonds is 8. The summed E-state index contributed by atoms with van der Waals surface area (Å²) in [5, 5.41) is 7.79. The normalized spacial score (nSPS) is 14.3. The Morgan fingerprint density at radius 3 is 2.71 bits per heavy atom. The van der Waals surface area contributed by atoms with Gasteiger partial charge in [-0.25, -0.2) is 0 Å². The topological polar surface area (TPSA) is 39.1 Å². The van der Waals surface area contributed by atoms with Gasteiger partial charge >= 0.3 is 0 Å². The lowest BCUT2D eigenvalue weighted by atomic mass is 10.1. The number of hydrogen-bond donors (Lipinski definition) is 1. The number of ether oxygens (including phenoxy) is 1. The van der Waals surface area contributed by atoms with Crippen molar-refractivity contribution in [1.82, 2.24) is 15.1 Å². The van der Waals surface area contributed by atoms with E-state index >= 15 is 0 Å². The molecule has 0 aliphatic heterocycles. The first-order valence-corrected chi connectivity index (χ1v) is 7.80. The zero-order chi connectivity index (χ0) is 14.5. The minimum absolute atomic E-state index is 0.591. The quantitative estimate of drug-likeness (QED) is 0.810. The van der Waals surface area contributed by atoms with E-state index < -0.39 is 0 Å². The first-order chi connectivity index (χ1) is 10.3. The zero-order valence-electron chi connectivity index (χ0n) is 12.6. The molecular weight excluding hydrogens is 262 g/mol.